The number of non-ortho nitro benzene ring substituents is 1. The number of amides is 1. The fourth-order valence-corrected chi connectivity index (χ4v) is 2.06. The van der Waals surface area contributed by atoms with E-state index in [9.17, 15) is 24.5 Å². The summed E-state index contributed by atoms with van der Waals surface area (Å²) < 4.78 is 4.77. The van der Waals surface area contributed by atoms with Gasteiger partial charge in [-0.25, -0.2) is 0 Å². The van der Waals surface area contributed by atoms with E-state index < -0.39 is 28.5 Å². The molecule has 0 saturated heterocycles. The molecule has 110 valence electrons. The molecule has 21 heavy (non-hydrogen) atoms. The average Bonchev–Trinajstić information content (AvgIpc) is 2.56. The second-order valence-corrected chi connectivity index (χ2v) is 4.41. The van der Waals surface area contributed by atoms with Crippen molar-refractivity contribution in [1.29, 1.82) is 0 Å². The number of nitrogens with zero attached hydrogens (tertiary/aromatic N) is 1. The van der Waals surface area contributed by atoms with Crippen LogP contribution in [0.3, 0.4) is 0 Å². The van der Waals surface area contributed by atoms with Gasteiger partial charge in [0, 0.05) is 24.1 Å². The molecular formula is C13H12N2O6. The third kappa shape index (κ3) is 2.88. The summed E-state index contributed by atoms with van der Waals surface area (Å²) in [5.74, 6) is -3.27. The van der Waals surface area contributed by atoms with Crippen molar-refractivity contribution < 1.29 is 24.0 Å². The van der Waals surface area contributed by atoms with Crippen LogP contribution in [0, 0.1) is 16.0 Å². The number of Topliss-reactive ketones (excluding diaryl/α,β-unsaturated/α-hetero) is 1. The van der Waals surface area contributed by atoms with E-state index in [4.69, 9.17) is 4.74 Å². The number of nitrogens with one attached hydrogen (secondary N) is 1. The monoisotopic (exact) mass is 292 g/mol. The molecule has 1 unspecified atom stereocenters. The molecule has 1 N–H and O–H groups in total. The van der Waals surface area contributed by atoms with E-state index in [1.165, 1.54) is 12.1 Å². The smallest absolute Gasteiger partial charge is 0.317 e. The van der Waals surface area contributed by atoms with Crippen molar-refractivity contribution in [3.05, 3.63) is 33.9 Å². The van der Waals surface area contributed by atoms with Crippen LogP contribution in [0.5, 0.6) is 0 Å². The molecular weight excluding hydrogens is 280 g/mol. The highest BCUT2D eigenvalue weighted by Crippen LogP contribution is 2.29. The minimum atomic E-state index is -1.28. The van der Waals surface area contributed by atoms with E-state index in [2.05, 4.69) is 5.32 Å². The Balaban J connectivity index is 2.47. The second kappa shape index (κ2) is 5.70. The van der Waals surface area contributed by atoms with Gasteiger partial charge in [-0.3, -0.25) is 24.5 Å². The molecule has 0 aromatic heterocycles. The maximum atomic E-state index is 12.4. The molecule has 1 aromatic rings. The number of ether oxygens (including phenoxy) is 1. The lowest BCUT2D eigenvalue weighted by Crippen LogP contribution is -2.27. The van der Waals surface area contributed by atoms with Gasteiger partial charge in [-0.1, -0.05) is 0 Å². The number of anilines is 1. The molecule has 1 heterocycles. The number of ketones is 1. The molecule has 1 aromatic carbocycles. The van der Waals surface area contributed by atoms with Crippen LogP contribution >= 0.6 is 0 Å². The fourth-order valence-electron chi connectivity index (χ4n) is 2.06. The topological polar surface area (TPSA) is 116 Å². The van der Waals surface area contributed by atoms with Crippen LogP contribution in [-0.4, -0.2) is 29.2 Å². The predicted molar refractivity (Wildman–Crippen MR) is 70.8 cm³/mol. The minimum Gasteiger partial charge on any atom is -0.465 e. The Labute approximate surface area is 119 Å². The first-order valence-corrected chi connectivity index (χ1v) is 6.23. The molecule has 0 aliphatic carbocycles. The van der Waals surface area contributed by atoms with Crippen molar-refractivity contribution in [2.24, 2.45) is 5.92 Å². The van der Waals surface area contributed by atoms with Crippen molar-refractivity contribution >= 4 is 29.0 Å². The zero-order valence-electron chi connectivity index (χ0n) is 11.1. The molecule has 0 saturated carbocycles. The van der Waals surface area contributed by atoms with Crippen molar-refractivity contribution in [1.82, 2.24) is 0 Å². The number of rotatable bonds is 3. The number of carbonyl (C=O) groups excluding carboxylic acids is 3. The highest BCUT2D eigenvalue weighted by Gasteiger charge is 2.36. The molecule has 1 aliphatic heterocycles. The fraction of sp³-hybridized carbons (Fsp3) is 0.308. The Kier molecular flexibility index (Phi) is 3.97. The largest absolute Gasteiger partial charge is 0.465 e. The summed E-state index contributed by atoms with van der Waals surface area (Å²) >= 11 is 0. The summed E-state index contributed by atoms with van der Waals surface area (Å²) in [5, 5.41) is 13.2. The van der Waals surface area contributed by atoms with Crippen molar-refractivity contribution in [3.63, 3.8) is 0 Å². The molecule has 0 fully saturated rings. The van der Waals surface area contributed by atoms with Crippen LogP contribution in [0.15, 0.2) is 18.2 Å². The summed E-state index contributed by atoms with van der Waals surface area (Å²) in [6.07, 6.45) is -0.347. The highest BCUT2D eigenvalue weighted by molar-refractivity contribution is 6.17. The van der Waals surface area contributed by atoms with Gasteiger partial charge in [-0.2, -0.15) is 0 Å². The van der Waals surface area contributed by atoms with Crippen LogP contribution in [0.2, 0.25) is 0 Å². The third-order valence-electron chi connectivity index (χ3n) is 3.03. The molecule has 0 spiro atoms. The Bertz CT molecular complexity index is 640. The first kappa shape index (κ1) is 14.6. The minimum absolute atomic E-state index is 0.0619. The van der Waals surface area contributed by atoms with Gasteiger partial charge < -0.3 is 10.1 Å². The lowest BCUT2D eigenvalue weighted by molar-refractivity contribution is -0.384. The lowest BCUT2D eigenvalue weighted by Gasteiger charge is -2.10. The Morgan fingerprint density at radius 2 is 2.19 bits per heavy atom. The highest BCUT2D eigenvalue weighted by atomic mass is 16.6. The van der Waals surface area contributed by atoms with Gasteiger partial charge in [0.15, 0.2) is 5.78 Å². The summed E-state index contributed by atoms with van der Waals surface area (Å²) in [6.45, 7) is 1.66. The van der Waals surface area contributed by atoms with Gasteiger partial charge >= 0.3 is 5.97 Å². The summed E-state index contributed by atoms with van der Waals surface area (Å²) in [5.41, 5.74) is -0.198. The quantitative estimate of drug-likeness (QED) is 0.388. The van der Waals surface area contributed by atoms with Gasteiger partial charge in [0.2, 0.25) is 5.91 Å². The maximum Gasteiger partial charge on any atom is 0.317 e. The van der Waals surface area contributed by atoms with Crippen LogP contribution in [0.1, 0.15) is 23.7 Å². The number of nitro benzene ring substituents is 1. The molecule has 1 atom stereocenters. The SMILES string of the molecule is CCOC(=O)C1CC(=O)Nc2ccc([N+](=O)[O-])cc2C1=O. The van der Waals surface area contributed by atoms with Crippen molar-refractivity contribution in [2.45, 2.75) is 13.3 Å². The predicted octanol–water partition coefficient (Wildman–Crippen LogP) is 1.30. The van der Waals surface area contributed by atoms with Crippen LogP contribution in [0.25, 0.3) is 0 Å². The normalized spacial score (nSPS) is 17.5. The Hall–Kier alpha value is -2.77. The van der Waals surface area contributed by atoms with Crippen molar-refractivity contribution in [2.75, 3.05) is 11.9 Å². The summed E-state index contributed by atoms with van der Waals surface area (Å²) in [6, 6.07) is 3.50. The number of hydrogen-bond donors (Lipinski definition) is 1. The molecule has 8 nitrogen and oxygen atoms in total. The number of nitro groups is 1. The van der Waals surface area contributed by atoms with E-state index >= 15 is 0 Å². The summed E-state index contributed by atoms with van der Waals surface area (Å²) in [7, 11) is 0. The second-order valence-electron chi connectivity index (χ2n) is 4.41. The molecule has 0 radical (unpaired) electrons. The van der Waals surface area contributed by atoms with Crippen molar-refractivity contribution in [3.8, 4) is 0 Å². The molecule has 1 aliphatic rings. The lowest BCUT2D eigenvalue weighted by atomic mass is 9.95. The number of benzene rings is 1. The zero-order valence-corrected chi connectivity index (χ0v) is 11.1. The van der Waals surface area contributed by atoms with E-state index in [0.29, 0.717) is 0 Å². The Morgan fingerprint density at radius 3 is 2.81 bits per heavy atom. The molecule has 2 rings (SSSR count). The van der Waals surface area contributed by atoms with E-state index in [1.807, 2.05) is 0 Å². The van der Waals surface area contributed by atoms with Gasteiger partial charge in [-0.15, -0.1) is 0 Å². The van der Waals surface area contributed by atoms with Gasteiger partial charge in [0.05, 0.1) is 17.2 Å². The Morgan fingerprint density at radius 1 is 1.48 bits per heavy atom. The molecule has 8 heteroatoms. The molecule has 1 amide bonds. The van der Waals surface area contributed by atoms with Crippen LogP contribution in [-0.2, 0) is 14.3 Å². The number of hydrogen-bond acceptors (Lipinski definition) is 6. The first-order valence-electron chi connectivity index (χ1n) is 6.23. The average molecular weight is 292 g/mol. The van der Waals surface area contributed by atoms with Gasteiger partial charge in [0.25, 0.3) is 5.69 Å². The van der Waals surface area contributed by atoms with Crippen LogP contribution in [0.4, 0.5) is 11.4 Å². The van der Waals surface area contributed by atoms with E-state index in [0.717, 1.165) is 6.07 Å². The van der Waals surface area contributed by atoms with Gasteiger partial charge in [-0.05, 0) is 13.0 Å². The van der Waals surface area contributed by atoms with E-state index in [-0.39, 0.29) is 30.0 Å². The first-order chi connectivity index (χ1) is 9.93. The summed E-state index contributed by atoms with van der Waals surface area (Å²) in [4.78, 5) is 46.0. The third-order valence-corrected chi connectivity index (χ3v) is 3.03. The number of carbonyl (C=O) groups is 3. The van der Waals surface area contributed by atoms with Crippen LogP contribution < -0.4 is 5.32 Å². The maximum absolute atomic E-state index is 12.4. The standard InChI is InChI=1S/C13H12N2O6/c1-2-21-13(18)9-6-11(16)14-10-4-3-7(15(19)20)5-8(10)12(9)17/h3-5,9H,2,6H2,1H3,(H,14,16). The van der Waals surface area contributed by atoms with E-state index in [1.54, 1.807) is 6.92 Å². The number of esters is 1. The molecule has 0 bridgehead atoms. The van der Waals surface area contributed by atoms with Gasteiger partial charge in [0.1, 0.15) is 5.92 Å². The number of fused-ring (bicyclic) bond motifs is 1. The zero-order chi connectivity index (χ0) is 15.6.